The molecule has 0 atom stereocenters. The topological polar surface area (TPSA) is 74.8 Å². The van der Waals surface area contributed by atoms with Gasteiger partial charge in [-0.15, -0.1) is 0 Å². The van der Waals surface area contributed by atoms with E-state index in [4.69, 9.17) is 0 Å². The number of benzene rings is 2. The van der Waals surface area contributed by atoms with Crippen LogP contribution in [0.1, 0.15) is 32.6 Å². The van der Waals surface area contributed by atoms with Crippen molar-refractivity contribution < 1.29 is 4.79 Å². The highest BCUT2D eigenvalue weighted by molar-refractivity contribution is 6.04. The molecule has 0 aliphatic carbocycles. The minimum absolute atomic E-state index is 0.158. The van der Waals surface area contributed by atoms with Gasteiger partial charge in [-0.2, -0.15) is 0 Å². The third-order valence-electron chi connectivity index (χ3n) is 4.69. The Morgan fingerprint density at radius 1 is 1.00 bits per heavy atom. The average molecular weight is 393 g/mol. The zero-order chi connectivity index (χ0) is 21.1. The van der Waals surface area contributed by atoms with Crippen LogP contribution in [0.25, 0.3) is 11.0 Å². The van der Waals surface area contributed by atoms with Gasteiger partial charge in [-0.25, -0.2) is 4.98 Å². The minimum Gasteiger partial charge on any atom is -0.322 e. The summed E-state index contributed by atoms with van der Waals surface area (Å²) < 4.78 is 0. The Hall–Kier alpha value is -4.17. The number of hydrogen-bond acceptors (Lipinski definition) is 3. The van der Waals surface area contributed by atoms with Crippen LogP contribution in [0.3, 0.4) is 0 Å². The standard InChI is InChI=1S/C25H19N3O2/c1-16-4-3-5-21(12-16)25(30)27-22-10-6-17(2)19(14-22)8-7-18-13-20-9-11-23(29)28-24(20)26-15-18/h3-6,9-15H,1-2H3,(H,27,30)(H,26,28,29). The molecular formula is C25H19N3O2. The number of pyridine rings is 2. The Morgan fingerprint density at radius 2 is 1.87 bits per heavy atom. The molecule has 4 aromatic rings. The summed E-state index contributed by atoms with van der Waals surface area (Å²) in [5.74, 6) is 6.11. The summed E-state index contributed by atoms with van der Waals surface area (Å²) in [4.78, 5) is 30.8. The van der Waals surface area contributed by atoms with Crippen LogP contribution in [0.15, 0.2) is 71.7 Å². The lowest BCUT2D eigenvalue weighted by Crippen LogP contribution is -2.12. The van der Waals surface area contributed by atoms with Crippen LogP contribution in [0.2, 0.25) is 0 Å². The number of aryl methyl sites for hydroxylation is 2. The fourth-order valence-corrected chi connectivity index (χ4v) is 3.07. The number of anilines is 1. The van der Waals surface area contributed by atoms with Gasteiger partial charge in [0.25, 0.3) is 5.91 Å². The number of aromatic nitrogens is 2. The van der Waals surface area contributed by atoms with E-state index in [9.17, 15) is 9.59 Å². The Bertz CT molecular complexity index is 1390. The maximum absolute atomic E-state index is 12.5. The van der Waals surface area contributed by atoms with Gasteiger partial charge >= 0.3 is 0 Å². The number of aromatic amines is 1. The van der Waals surface area contributed by atoms with Gasteiger partial charge in [0.05, 0.1) is 0 Å². The molecule has 5 heteroatoms. The first-order chi connectivity index (χ1) is 14.5. The first-order valence-corrected chi connectivity index (χ1v) is 9.48. The van der Waals surface area contributed by atoms with Crippen LogP contribution in [-0.4, -0.2) is 15.9 Å². The molecule has 2 heterocycles. The van der Waals surface area contributed by atoms with E-state index in [1.54, 1.807) is 18.3 Å². The second-order valence-corrected chi connectivity index (χ2v) is 7.09. The van der Waals surface area contributed by atoms with Crippen molar-refractivity contribution in [3.05, 3.63) is 105 Å². The monoisotopic (exact) mass is 393 g/mol. The van der Waals surface area contributed by atoms with Crippen molar-refractivity contribution in [2.24, 2.45) is 0 Å². The smallest absolute Gasteiger partial charge is 0.255 e. The van der Waals surface area contributed by atoms with Crippen molar-refractivity contribution in [2.75, 3.05) is 5.32 Å². The lowest BCUT2D eigenvalue weighted by molar-refractivity contribution is 0.102. The Morgan fingerprint density at radius 3 is 2.70 bits per heavy atom. The molecule has 0 aliphatic rings. The molecular weight excluding hydrogens is 374 g/mol. The highest BCUT2D eigenvalue weighted by atomic mass is 16.1. The van der Waals surface area contributed by atoms with Crippen molar-refractivity contribution in [1.82, 2.24) is 9.97 Å². The summed E-state index contributed by atoms with van der Waals surface area (Å²) in [7, 11) is 0. The van der Waals surface area contributed by atoms with Gasteiger partial charge in [-0.1, -0.05) is 35.6 Å². The highest BCUT2D eigenvalue weighted by Gasteiger charge is 2.07. The zero-order valence-electron chi connectivity index (χ0n) is 16.6. The molecule has 0 spiro atoms. The molecule has 0 bridgehead atoms. The van der Waals surface area contributed by atoms with Crippen molar-refractivity contribution in [3.63, 3.8) is 0 Å². The summed E-state index contributed by atoms with van der Waals surface area (Å²) in [6.45, 7) is 3.93. The summed E-state index contributed by atoms with van der Waals surface area (Å²) in [6, 6.07) is 18.2. The maximum Gasteiger partial charge on any atom is 0.255 e. The number of amides is 1. The fourth-order valence-electron chi connectivity index (χ4n) is 3.07. The Balaban J connectivity index is 1.59. The summed E-state index contributed by atoms with van der Waals surface area (Å²) in [6.07, 6.45) is 1.63. The Labute approximate surface area is 173 Å². The number of hydrogen-bond donors (Lipinski definition) is 2. The number of rotatable bonds is 2. The molecule has 146 valence electrons. The number of nitrogens with one attached hydrogen (secondary N) is 2. The number of fused-ring (bicyclic) bond motifs is 1. The molecule has 2 N–H and O–H groups in total. The van der Waals surface area contributed by atoms with Gasteiger partial charge in [0.1, 0.15) is 5.65 Å². The quantitative estimate of drug-likeness (QED) is 0.502. The van der Waals surface area contributed by atoms with E-state index in [2.05, 4.69) is 27.1 Å². The molecule has 5 nitrogen and oxygen atoms in total. The SMILES string of the molecule is Cc1cccc(C(=O)Nc2ccc(C)c(C#Cc3cnc4[nH]c(=O)ccc4c3)c2)c1. The molecule has 0 saturated carbocycles. The van der Waals surface area contributed by atoms with Gasteiger partial charge in [0.2, 0.25) is 5.56 Å². The van der Waals surface area contributed by atoms with Crippen molar-refractivity contribution in [1.29, 1.82) is 0 Å². The van der Waals surface area contributed by atoms with Gasteiger partial charge in [0, 0.05) is 40.0 Å². The van der Waals surface area contributed by atoms with Crippen LogP contribution < -0.4 is 10.9 Å². The van der Waals surface area contributed by atoms with Crippen LogP contribution in [0.5, 0.6) is 0 Å². The molecule has 0 unspecified atom stereocenters. The minimum atomic E-state index is -0.186. The predicted molar refractivity (Wildman–Crippen MR) is 119 cm³/mol. The van der Waals surface area contributed by atoms with Gasteiger partial charge in [0.15, 0.2) is 0 Å². The second-order valence-electron chi connectivity index (χ2n) is 7.09. The summed E-state index contributed by atoms with van der Waals surface area (Å²) in [5.41, 5.74) is 5.25. The maximum atomic E-state index is 12.5. The first kappa shape index (κ1) is 19.2. The molecule has 1 amide bonds. The van der Waals surface area contributed by atoms with E-state index in [-0.39, 0.29) is 11.5 Å². The van der Waals surface area contributed by atoms with E-state index < -0.39 is 0 Å². The number of carbonyl (C=O) groups excluding carboxylic acids is 1. The number of H-pyrrole nitrogens is 1. The van der Waals surface area contributed by atoms with Gasteiger partial charge < -0.3 is 10.3 Å². The van der Waals surface area contributed by atoms with Gasteiger partial charge in [-0.3, -0.25) is 9.59 Å². The average Bonchev–Trinajstić information content (AvgIpc) is 2.74. The van der Waals surface area contributed by atoms with E-state index in [0.29, 0.717) is 16.9 Å². The predicted octanol–water partition coefficient (Wildman–Crippen LogP) is 4.19. The van der Waals surface area contributed by atoms with Crippen molar-refractivity contribution in [3.8, 4) is 11.8 Å². The molecule has 0 saturated heterocycles. The third kappa shape index (κ3) is 4.29. The molecule has 2 aromatic carbocycles. The van der Waals surface area contributed by atoms with Crippen LogP contribution >= 0.6 is 0 Å². The molecule has 0 aliphatic heterocycles. The van der Waals surface area contributed by atoms with Crippen molar-refractivity contribution in [2.45, 2.75) is 13.8 Å². The van der Waals surface area contributed by atoms with E-state index in [1.807, 2.05) is 56.3 Å². The molecule has 0 fully saturated rings. The molecule has 4 rings (SSSR count). The van der Waals surface area contributed by atoms with Crippen LogP contribution in [0.4, 0.5) is 5.69 Å². The molecule has 0 radical (unpaired) electrons. The first-order valence-electron chi connectivity index (χ1n) is 9.48. The van der Waals surface area contributed by atoms with E-state index in [0.717, 1.165) is 27.6 Å². The molecule has 30 heavy (non-hydrogen) atoms. The van der Waals surface area contributed by atoms with E-state index in [1.165, 1.54) is 6.07 Å². The van der Waals surface area contributed by atoms with Crippen molar-refractivity contribution >= 4 is 22.6 Å². The Kier molecular flexibility index (Phi) is 5.15. The lowest BCUT2D eigenvalue weighted by atomic mass is 10.1. The summed E-state index contributed by atoms with van der Waals surface area (Å²) >= 11 is 0. The normalized spacial score (nSPS) is 10.3. The number of nitrogens with zero attached hydrogens (tertiary/aromatic N) is 1. The van der Waals surface area contributed by atoms with Crippen LogP contribution in [0, 0.1) is 25.7 Å². The number of carbonyl (C=O) groups is 1. The highest BCUT2D eigenvalue weighted by Crippen LogP contribution is 2.16. The summed E-state index contributed by atoms with van der Waals surface area (Å²) in [5, 5.41) is 3.74. The second kappa shape index (κ2) is 8.06. The van der Waals surface area contributed by atoms with E-state index >= 15 is 0 Å². The molecule has 2 aromatic heterocycles. The third-order valence-corrected chi connectivity index (χ3v) is 4.69. The van der Waals surface area contributed by atoms with Crippen LogP contribution in [-0.2, 0) is 0 Å². The zero-order valence-corrected chi connectivity index (χ0v) is 16.6. The lowest BCUT2D eigenvalue weighted by Gasteiger charge is -2.08. The fraction of sp³-hybridized carbons (Fsp3) is 0.0800. The largest absolute Gasteiger partial charge is 0.322 e. The van der Waals surface area contributed by atoms with Gasteiger partial charge in [-0.05, 0) is 55.8 Å².